The smallest absolute Gasteiger partial charge is 0.243 e. The molecular weight excluding hydrogens is 334 g/mol. The van der Waals surface area contributed by atoms with Crippen molar-refractivity contribution >= 4 is 28.9 Å². The molecule has 0 saturated heterocycles. The maximum absolute atomic E-state index is 12.0. The summed E-state index contributed by atoms with van der Waals surface area (Å²) in [6, 6.07) is 14.3. The predicted octanol–water partition coefficient (Wildman–Crippen LogP) is 2.72. The zero-order chi connectivity index (χ0) is 18.8. The molecule has 0 aliphatic carbocycles. The molecule has 0 spiro atoms. The van der Waals surface area contributed by atoms with Crippen LogP contribution < -0.4 is 20.7 Å². The van der Waals surface area contributed by atoms with Gasteiger partial charge >= 0.3 is 0 Å². The Morgan fingerprint density at radius 3 is 2.00 bits per heavy atom. The lowest BCUT2D eigenvalue weighted by Gasteiger charge is -2.10. The average Bonchev–Trinajstić information content (AvgIpc) is 2.62. The number of benzene rings is 2. The number of methoxy groups -OCH3 is 1. The van der Waals surface area contributed by atoms with Crippen LogP contribution in [0.4, 0.5) is 17.1 Å². The molecule has 7 heteroatoms. The van der Waals surface area contributed by atoms with Gasteiger partial charge in [-0.1, -0.05) is 0 Å². The van der Waals surface area contributed by atoms with Gasteiger partial charge in [0, 0.05) is 31.1 Å². The van der Waals surface area contributed by atoms with E-state index in [0.29, 0.717) is 24.6 Å². The summed E-state index contributed by atoms with van der Waals surface area (Å²) in [7, 11) is 1.62. The third-order valence-corrected chi connectivity index (χ3v) is 3.35. The second kappa shape index (κ2) is 10.0. The molecule has 138 valence electrons. The summed E-state index contributed by atoms with van der Waals surface area (Å²) in [6.45, 7) is 2.61. The first-order valence-electron chi connectivity index (χ1n) is 8.20. The lowest BCUT2D eigenvalue weighted by Crippen LogP contribution is -2.21. The van der Waals surface area contributed by atoms with Gasteiger partial charge < -0.3 is 25.4 Å². The van der Waals surface area contributed by atoms with Crippen LogP contribution >= 0.6 is 0 Å². The van der Waals surface area contributed by atoms with Crippen LogP contribution in [0.5, 0.6) is 5.75 Å². The van der Waals surface area contributed by atoms with E-state index in [4.69, 9.17) is 9.47 Å². The summed E-state index contributed by atoms with van der Waals surface area (Å²) in [5, 5.41) is 8.50. The molecular formula is C19H23N3O4. The van der Waals surface area contributed by atoms with Gasteiger partial charge in [-0.2, -0.15) is 0 Å². The van der Waals surface area contributed by atoms with Crippen LogP contribution in [0.3, 0.4) is 0 Å². The largest absolute Gasteiger partial charge is 0.491 e. The van der Waals surface area contributed by atoms with Crippen molar-refractivity contribution in [3.05, 3.63) is 48.5 Å². The standard InChI is InChI=1S/C19H23N3O4/c1-14(23)21-16-3-5-17(6-4-16)22-19(24)13-20-15-7-9-18(10-8-15)26-12-11-25-2/h3-10,20H,11-13H2,1-2H3,(H,21,23)(H,22,24). The van der Waals surface area contributed by atoms with Crippen molar-refractivity contribution in [2.24, 2.45) is 0 Å². The molecule has 0 aromatic heterocycles. The maximum Gasteiger partial charge on any atom is 0.243 e. The number of amides is 2. The fourth-order valence-corrected chi connectivity index (χ4v) is 2.14. The number of carbonyl (C=O) groups excluding carboxylic acids is 2. The molecule has 0 radical (unpaired) electrons. The summed E-state index contributed by atoms with van der Waals surface area (Å²) >= 11 is 0. The van der Waals surface area contributed by atoms with Crippen molar-refractivity contribution in [3.8, 4) is 5.75 Å². The van der Waals surface area contributed by atoms with Crippen molar-refractivity contribution in [3.63, 3.8) is 0 Å². The molecule has 0 aliphatic heterocycles. The monoisotopic (exact) mass is 357 g/mol. The highest BCUT2D eigenvalue weighted by Crippen LogP contribution is 2.16. The Hall–Kier alpha value is -3.06. The van der Waals surface area contributed by atoms with Gasteiger partial charge in [0.25, 0.3) is 0 Å². The van der Waals surface area contributed by atoms with E-state index in [1.54, 1.807) is 31.4 Å². The number of carbonyl (C=O) groups is 2. The summed E-state index contributed by atoms with van der Waals surface area (Å²) in [5.74, 6) is 0.440. The van der Waals surface area contributed by atoms with E-state index >= 15 is 0 Å². The third kappa shape index (κ3) is 6.82. The van der Waals surface area contributed by atoms with Crippen LogP contribution in [0.2, 0.25) is 0 Å². The van der Waals surface area contributed by atoms with Gasteiger partial charge in [0.1, 0.15) is 12.4 Å². The SMILES string of the molecule is COCCOc1ccc(NCC(=O)Nc2ccc(NC(C)=O)cc2)cc1. The van der Waals surface area contributed by atoms with Gasteiger partial charge in [0.15, 0.2) is 0 Å². The normalized spacial score (nSPS) is 10.1. The molecule has 0 fully saturated rings. The van der Waals surface area contributed by atoms with Crippen molar-refractivity contribution in [2.45, 2.75) is 6.92 Å². The minimum atomic E-state index is -0.169. The zero-order valence-electron chi connectivity index (χ0n) is 14.9. The van der Waals surface area contributed by atoms with Crippen LogP contribution in [-0.4, -0.2) is 38.7 Å². The Labute approximate surface area is 152 Å². The third-order valence-electron chi connectivity index (χ3n) is 3.35. The summed E-state index contributed by atoms with van der Waals surface area (Å²) in [4.78, 5) is 23.0. The van der Waals surface area contributed by atoms with Gasteiger partial charge in [0.05, 0.1) is 13.2 Å². The number of anilines is 3. The molecule has 0 atom stereocenters. The van der Waals surface area contributed by atoms with Crippen molar-refractivity contribution in [1.82, 2.24) is 0 Å². The molecule has 2 amide bonds. The van der Waals surface area contributed by atoms with E-state index in [1.165, 1.54) is 6.92 Å². The Morgan fingerprint density at radius 1 is 0.846 bits per heavy atom. The Kier molecular flexibility index (Phi) is 7.45. The fraction of sp³-hybridized carbons (Fsp3) is 0.263. The summed E-state index contributed by atoms with van der Waals surface area (Å²) in [5.41, 5.74) is 2.16. The summed E-state index contributed by atoms with van der Waals surface area (Å²) in [6.07, 6.45) is 0. The lowest BCUT2D eigenvalue weighted by atomic mass is 10.2. The molecule has 3 N–H and O–H groups in total. The topological polar surface area (TPSA) is 88.7 Å². The maximum atomic E-state index is 12.0. The highest BCUT2D eigenvalue weighted by molar-refractivity contribution is 5.94. The Balaban J connectivity index is 1.76. The Morgan fingerprint density at radius 2 is 1.42 bits per heavy atom. The van der Waals surface area contributed by atoms with Gasteiger partial charge in [-0.25, -0.2) is 0 Å². The summed E-state index contributed by atoms with van der Waals surface area (Å²) < 4.78 is 10.4. The number of hydrogen-bond acceptors (Lipinski definition) is 5. The van der Waals surface area contributed by atoms with Gasteiger partial charge in [-0.15, -0.1) is 0 Å². The van der Waals surface area contributed by atoms with Gasteiger partial charge in [-0.3, -0.25) is 9.59 Å². The first-order valence-corrected chi connectivity index (χ1v) is 8.20. The molecule has 0 saturated carbocycles. The van der Waals surface area contributed by atoms with Crippen molar-refractivity contribution in [2.75, 3.05) is 42.8 Å². The average molecular weight is 357 g/mol. The minimum absolute atomic E-state index is 0.136. The molecule has 2 rings (SSSR count). The van der Waals surface area contributed by atoms with Crippen LogP contribution in [0.1, 0.15) is 6.92 Å². The molecule has 26 heavy (non-hydrogen) atoms. The van der Waals surface area contributed by atoms with E-state index in [2.05, 4.69) is 16.0 Å². The van der Waals surface area contributed by atoms with Gasteiger partial charge in [-0.05, 0) is 48.5 Å². The number of hydrogen-bond donors (Lipinski definition) is 3. The second-order valence-corrected chi connectivity index (χ2v) is 5.53. The molecule has 0 heterocycles. The highest BCUT2D eigenvalue weighted by Gasteiger charge is 2.03. The Bertz CT molecular complexity index is 715. The van der Waals surface area contributed by atoms with Crippen LogP contribution in [0, 0.1) is 0 Å². The number of rotatable bonds is 9. The number of ether oxygens (including phenoxy) is 2. The van der Waals surface area contributed by atoms with E-state index < -0.39 is 0 Å². The first-order chi connectivity index (χ1) is 12.6. The molecule has 2 aromatic rings. The van der Waals surface area contributed by atoms with Crippen LogP contribution in [0.15, 0.2) is 48.5 Å². The number of nitrogens with one attached hydrogen (secondary N) is 3. The van der Waals surface area contributed by atoms with Crippen LogP contribution in [0.25, 0.3) is 0 Å². The van der Waals surface area contributed by atoms with Gasteiger partial charge in [0.2, 0.25) is 11.8 Å². The predicted molar refractivity (Wildman–Crippen MR) is 102 cm³/mol. The minimum Gasteiger partial charge on any atom is -0.491 e. The van der Waals surface area contributed by atoms with E-state index in [0.717, 1.165) is 11.4 Å². The van der Waals surface area contributed by atoms with E-state index in [-0.39, 0.29) is 18.4 Å². The van der Waals surface area contributed by atoms with Crippen LogP contribution in [-0.2, 0) is 14.3 Å². The lowest BCUT2D eigenvalue weighted by molar-refractivity contribution is -0.115. The van der Waals surface area contributed by atoms with Crippen molar-refractivity contribution < 1.29 is 19.1 Å². The fourth-order valence-electron chi connectivity index (χ4n) is 2.14. The van der Waals surface area contributed by atoms with E-state index in [9.17, 15) is 9.59 Å². The quantitative estimate of drug-likeness (QED) is 0.601. The first kappa shape index (κ1) is 19.3. The zero-order valence-corrected chi connectivity index (χ0v) is 14.9. The van der Waals surface area contributed by atoms with E-state index in [1.807, 2.05) is 24.3 Å². The molecule has 7 nitrogen and oxygen atoms in total. The second-order valence-electron chi connectivity index (χ2n) is 5.53. The molecule has 2 aromatic carbocycles. The molecule has 0 unspecified atom stereocenters. The van der Waals surface area contributed by atoms with Crippen molar-refractivity contribution in [1.29, 1.82) is 0 Å². The molecule has 0 bridgehead atoms. The molecule has 0 aliphatic rings. The highest BCUT2D eigenvalue weighted by atomic mass is 16.5.